The molecule has 2 amide bonds. The second kappa shape index (κ2) is 7.78. The number of carbonyl (C=O) groups excluding carboxylic acids is 2. The number of hydrogen-bond donors (Lipinski definition) is 3. The number of nitrogens with one attached hydrogen (secondary N) is 2. The molecule has 0 atom stereocenters. The van der Waals surface area contributed by atoms with E-state index in [1.54, 1.807) is 41.8 Å². The quantitative estimate of drug-likeness (QED) is 0.597. The summed E-state index contributed by atoms with van der Waals surface area (Å²) in [6.07, 6.45) is 1.72. The first-order chi connectivity index (χ1) is 13.4. The maximum absolute atomic E-state index is 12.7. The predicted molar refractivity (Wildman–Crippen MR) is 101 cm³/mol. The van der Waals surface area contributed by atoms with Crippen molar-refractivity contribution in [3.05, 3.63) is 59.5 Å². The number of rotatable bonds is 6. The molecule has 0 aliphatic heterocycles. The van der Waals surface area contributed by atoms with Gasteiger partial charge in [0.1, 0.15) is 12.2 Å². The number of carboxylic acid groups (broad SMARTS) is 1. The number of ether oxygens (including phenoxy) is 1. The number of aliphatic carboxylic acids is 1. The Kier molecular flexibility index (Phi) is 5.25. The van der Waals surface area contributed by atoms with Crippen molar-refractivity contribution < 1.29 is 24.2 Å². The third kappa shape index (κ3) is 3.78. The maximum Gasteiger partial charge on any atom is 0.322 e. The van der Waals surface area contributed by atoms with Gasteiger partial charge in [0.05, 0.1) is 12.8 Å². The van der Waals surface area contributed by atoms with E-state index in [4.69, 9.17) is 9.84 Å². The normalized spacial score (nSPS) is 10.5. The van der Waals surface area contributed by atoms with E-state index in [0.29, 0.717) is 28.5 Å². The zero-order valence-electron chi connectivity index (χ0n) is 15.2. The molecular formula is C19H18N4O5. The van der Waals surface area contributed by atoms with Gasteiger partial charge in [-0.1, -0.05) is 0 Å². The number of imidazole rings is 1. The lowest BCUT2D eigenvalue weighted by Gasteiger charge is -2.08. The number of hydrogen-bond acceptors (Lipinski definition) is 5. The highest BCUT2D eigenvalue weighted by molar-refractivity contribution is 6.05. The zero-order valence-corrected chi connectivity index (χ0v) is 15.2. The molecular weight excluding hydrogens is 364 g/mol. The highest BCUT2D eigenvalue weighted by Crippen LogP contribution is 2.22. The van der Waals surface area contributed by atoms with Crippen molar-refractivity contribution in [2.45, 2.75) is 6.92 Å². The molecule has 2 heterocycles. The maximum atomic E-state index is 12.7. The molecule has 0 bridgehead atoms. The number of carbonyl (C=O) groups is 3. The van der Waals surface area contributed by atoms with Gasteiger partial charge in [-0.25, -0.2) is 4.98 Å². The van der Waals surface area contributed by atoms with Crippen LogP contribution in [0.1, 0.15) is 26.5 Å². The number of anilines is 1. The Bertz CT molecular complexity index is 1060. The minimum Gasteiger partial charge on any atom is -0.493 e. The van der Waals surface area contributed by atoms with Gasteiger partial charge >= 0.3 is 5.97 Å². The first-order valence-electron chi connectivity index (χ1n) is 8.33. The molecule has 0 fully saturated rings. The van der Waals surface area contributed by atoms with Crippen LogP contribution in [0.3, 0.4) is 0 Å². The fourth-order valence-corrected chi connectivity index (χ4v) is 2.74. The van der Waals surface area contributed by atoms with Crippen LogP contribution >= 0.6 is 0 Å². The van der Waals surface area contributed by atoms with Crippen molar-refractivity contribution in [1.29, 1.82) is 0 Å². The van der Waals surface area contributed by atoms with E-state index in [0.717, 1.165) is 0 Å². The summed E-state index contributed by atoms with van der Waals surface area (Å²) in [4.78, 5) is 39.5. The summed E-state index contributed by atoms with van der Waals surface area (Å²) in [6.45, 7) is 1.27. The smallest absolute Gasteiger partial charge is 0.322 e. The number of pyridine rings is 1. The molecule has 0 unspecified atom stereocenters. The summed E-state index contributed by atoms with van der Waals surface area (Å²) in [7, 11) is 1.53. The third-order valence-corrected chi connectivity index (χ3v) is 4.03. The number of benzene rings is 1. The van der Waals surface area contributed by atoms with E-state index in [-0.39, 0.29) is 11.5 Å². The van der Waals surface area contributed by atoms with Crippen LogP contribution in [0.25, 0.3) is 5.65 Å². The third-order valence-electron chi connectivity index (χ3n) is 4.03. The van der Waals surface area contributed by atoms with Crippen LogP contribution in [0.15, 0.2) is 42.6 Å². The Labute approximate surface area is 160 Å². The lowest BCUT2D eigenvalue weighted by atomic mass is 10.2. The predicted octanol–water partition coefficient (Wildman–Crippen LogP) is 1.72. The number of nitrogens with zero attached hydrogens (tertiary/aromatic N) is 2. The molecule has 144 valence electrons. The SMILES string of the molecule is COc1cccn2c(C(=O)Nc3ccc(C(=O)NCC(=O)O)cc3)c(C)nc12. The van der Waals surface area contributed by atoms with Crippen molar-refractivity contribution in [3.8, 4) is 5.75 Å². The van der Waals surface area contributed by atoms with Gasteiger partial charge < -0.3 is 20.5 Å². The van der Waals surface area contributed by atoms with E-state index in [1.807, 2.05) is 0 Å². The van der Waals surface area contributed by atoms with Crippen molar-refractivity contribution in [1.82, 2.24) is 14.7 Å². The number of fused-ring (bicyclic) bond motifs is 1. The molecule has 0 saturated heterocycles. The minimum absolute atomic E-state index is 0.287. The fraction of sp³-hybridized carbons (Fsp3) is 0.158. The van der Waals surface area contributed by atoms with E-state index in [2.05, 4.69) is 15.6 Å². The molecule has 3 N–H and O–H groups in total. The largest absolute Gasteiger partial charge is 0.493 e. The molecule has 9 heteroatoms. The molecule has 3 aromatic rings. The Hall–Kier alpha value is -3.88. The Morgan fingerprint density at radius 1 is 1.14 bits per heavy atom. The van der Waals surface area contributed by atoms with E-state index >= 15 is 0 Å². The molecule has 3 rings (SSSR count). The van der Waals surface area contributed by atoms with Gasteiger partial charge in [0.25, 0.3) is 11.8 Å². The first kappa shape index (κ1) is 18.9. The highest BCUT2D eigenvalue weighted by Gasteiger charge is 2.19. The van der Waals surface area contributed by atoms with Crippen LogP contribution in [-0.4, -0.2) is 45.9 Å². The monoisotopic (exact) mass is 382 g/mol. The zero-order chi connectivity index (χ0) is 20.3. The molecule has 0 spiro atoms. The fourth-order valence-electron chi connectivity index (χ4n) is 2.74. The highest BCUT2D eigenvalue weighted by atomic mass is 16.5. The first-order valence-corrected chi connectivity index (χ1v) is 8.33. The summed E-state index contributed by atoms with van der Waals surface area (Å²) in [5.41, 5.74) is 2.23. The number of aryl methyl sites for hydroxylation is 1. The van der Waals surface area contributed by atoms with Gasteiger partial charge in [0, 0.05) is 17.4 Å². The van der Waals surface area contributed by atoms with Gasteiger partial charge in [-0.3, -0.25) is 18.8 Å². The second-order valence-corrected chi connectivity index (χ2v) is 5.92. The lowest BCUT2D eigenvalue weighted by Crippen LogP contribution is -2.29. The van der Waals surface area contributed by atoms with Crippen LogP contribution in [0, 0.1) is 6.92 Å². The van der Waals surface area contributed by atoms with Crippen molar-refractivity contribution in [2.75, 3.05) is 19.0 Å². The van der Waals surface area contributed by atoms with Gasteiger partial charge in [-0.2, -0.15) is 0 Å². The van der Waals surface area contributed by atoms with Crippen molar-refractivity contribution >= 4 is 29.1 Å². The average molecular weight is 382 g/mol. The van der Waals surface area contributed by atoms with Crippen LogP contribution in [0.5, 0.6) is 5.75 Å². The Morgan fingerprint density at radius 3 is 2.50 bits per heavy atom. The molecule has 1 aromatic carbocycles. The van der Waals surface area contributed by atoms with Gasteiger partial charge in [-0.15, -0.1) is 0 Å². The number of carboxylic acids is 1. The van der Waals surface area contributed by atoms with Crippen LogP contribution in [0.2, 0.25) is 0 Å². The lowest BCUT2D eigenvalue weighted by molar-refractivity contribution is -0.135. The van der Waals surface area contributed by atoms with Crippen molar-refractivity contribution in [3.63, 3.8) is 0 Å². The van der Waals surface area contributed by atoms with Crippen LogP contribution in [0.4, 0.5) is 5.69 Å². The molecule has 0 aliphatic carbocycles. The molecule has 0 aliphatic rings. The van der Waals surface area contributed by atoms with Crippen LogP contribution < -0.4 is 15.4 Å². The second-order valence-electron chi connectivity index (χ2n) is 5.92. The Balaban J connectivity index is 1.78. The number of aromatic nitrogens is 2. The van der Waals surface area contributed by atoms with Gasteiger partial charge in [0.2, 0.25) is 0 Å². The van der Waals surface area contributed by atoms with Crippen LogP contribution in [-0.2, 0) is 4.79 Å². The standard InChI is InChI=1S/C19H18N4O5/c1-11-16(23-9-3-4-14(28-2)17(23)21-11)19(27)22-13-7-5-12(6-8-13)18(26)20-10-15(24)25/h3-9H,10H2,1-2H3,(H,20,26)(H,22,27)(H,24,25). The van der Waals surface area contributed by atoms with Gasteiger partial charge in [-0.05, 0) is 43.3 Å². The number of amides is 2. The summed E-state index contributed by atoms with van der Waals surface area (Å²) in [6, 6.07) is 9.64. The molecule has 9 nitrogen and oxygen atoms in total. The molecule has 0 saturated carbocycles. The van der Waals surface area contributed by atoms with E-state index in [1.165, 1.54) is 19.2 Å². The molecule has 0 radical (unpaired) electrons. The van der Waals surface area contributed by atoms with Crippen molar-refractivity contribution in [2.24, 2.45) is 0 Å². The molecule has 28 heavy (non-hydrogen) atoms. The summed E-state index contributed by atoms with van der Waals surface area (Å²) >= 11 is 0. The minimum atomic E-state index is -1.13. The molecule has 2 aromatic heterocycles. The van der Waals surface area contributed by atoms with E-state index in [9.17, 15) is 14.4 Å². The summed E-state index contributed by atoms with van der Waals surface area (Å²) in [5.74, 6) is -1.44. The average Bonchev–Trinajstić information content (AvgIpc) is 3.02. The Morgan fingerprint density at radius 2 is 1.86 bits per heavy atom. The topological polar surface area (TPSA) is 122 Å². The van der Waals surface area contributed by atoms with E-state index < -0.39 is 18.4 Å². The van der Waals surface area contributed by atoms with Gasteiger partial charge in [0.15, 0.2) is 11.4 Å². The summed E-state index contributed by atoms with van der Waals surface area (Å²) in [5, 5.41) is 13.6. The summed E-state index contributed by atoms with van der Waals surface area (Å²) < 4.78 is 6.92. The number of methoxy groups -OCH3 is 1.